The summed E-state index contributed by atoms with van der Waals surface area (Å²) < 4.78 is 5.55. The maximum Gasteiger partial charge on any atom is 0.117 e. The lowest BCUT2D eigenvalue weighted by atomic mass is 9.49. The zero-order chi connectivity index (χ0) is 14.4. The predicted molar refractivity (Wildman–Crippen MR) is 87.0 cm³/mol. The molecule has 1 nitrogen and oxygen atoms in total. The highest BCUT2D eigenvalue weighted by atomic mass is 16.5. The van der Waals surface area contributed by atoms with Crippen molar-refractivity contribution in [3.8, 4) is 5.75 Å². The van der Waals surface area contributed by atoms with Crippen molar-refractivity contribution in [2.45, 2.75) is 62.7 Å². The van der Waals surface area contributed by atoms with E-state index in [0.29, 0.717) is 5.41 Å². The Morgan fingerprint density at radius 1 is 1.10 bits per heavy atom. The molecule has 3 aliphatic carbocycles. The molecule has 3 atom stereocenters. The van der Waals surface area contributed by atoms with E-state index in [0.717, 1.165) is 17.6 Å². The number of fused-ring (bicyclic) bond motifs is 1. The van der Waals surface area contributed by atoms with Gasteiger partial charge in [0.15, 0.2) is 0 Å². The van der Waals surface area contributed by atoms with Crippen LogP contribution in [0.3, 0.4) is 0 Å². The van der Waals surface area contributed by atoms with Crippen LogP contribution in [0.4, 0.5) is 0 Å². The summed E-state index contributed by atoms with van der Waals surface area (Å²) in [5.41, 5.74) is 3.53. The minimum absolute atomic E-state index is 0.423. The molecule has 21 heavy (non-hydrogen) atoms. The molecule has 1 unspecified atom stereocenters. The van der Waals surface area contributed by atoms with Crippen molar-refractivity contribution < 1.29 is 4.74 Å². The first kappa shape index (κ1) is 13.8. The topological polar surface area (TPSA) is 9.23 Å². The van der Waals surface area contributed by atoms with Gasteiger partial charge in [0, 0.05) is 5.90 Å². The smallest absolute Gasteiger partial charge is 0.117 e. The Balaban J connectivity index is 1.79. The monoisotopic (exact) mass is 276 g/mol. The van der Waals surface area contributed by atoms with Crippen LogP contribution in [0, 0.1) is 11.8 Å². The molecule has 3 heteroatoms. The second-order valence-corrected chi connectivity index (χ2v) is 7.27. The van der Waals surface area contributed by atoms with Gasteiger partial charge in [-0.3, -0.25) is 0 Å². The molecule has 0 spiro atoms. The summed E-state index contributed by atoms with van der Waals surface area (Å²) in [5, 5.41) is 0. The fourth-order valence-corrected chi connectivity index (χ4v) is 5.57. The molecule has 0 heterocycles. The highest BCUT2D eigenvalue weighted by molar-refractivity contribution is 6.34. The first-order chi connectivity index (χ1) is 10.2. The van der Waals surface area contributed by atoms with E-state index in [2.05, 4.69) is 12.1 Å². The Labute approximate surface area is 130 Å². The average molecular weight is 276 g/mol. The van der Waals surface area contributed by atoms with Gasteiger partial charge in [0.05, 0.1) is 0 Å². The molecule has 0 amide bonds. The molecule has 0 N–H and O–H groups in total. The first-order valence-electron chi connectivity index (χ1n) is 8.50. The van der Waals surface area contributed by atoms with Crippen LogP contribution >= 0.6 is 0 Å². The summed E-state index contributed by atoms with van der Waals surface area (Å²) in [7, 11) is 11.2. The van der Waals surface area contributed by atoms with Gasteiger partial charge in [-0.25, -0.2) is 0 Å². The zero-order valence-corrected chi connectivity index (χ0v) is 12.7. The van der Waals surface area contributed by atoms with Crippen LogP contribution in [0.5, 0.6) is 5.75 Å². The summed E-state index contributed by atoms with van der Waals surface area (Å²) in [6.45, 7) is 0. The van der Waals surface area contributed by atoms with Crippen molar-refractivity contribution in [3.05, 3.63) is 29.3 Å². The predicted octanol–water partition coefficient (Wildman–Crippen LogP) is 3.47. The van der Waals surface area contributed by atoms with Gasteiger partial charge in [-0.2, -0.15) is 0 Å². The van der Waals surface area contributed by atoms with Gasteiger partial charge in [0.2, 0.25) is 0 Å². The Hall–Kier alpha value is -0.850. The molecular weight excluding hydrogens is 254 g/mol. The summed E-state index contributed by atoms with van der Waals surface area (Å²) in [6.07, 6.45) is 11.0. The van der Waals surface area contributed by atoms with Crippen molar-refractivity contribution in [1.82, 2.24) is 0 Å². The molecule has 3 aliphatic rings. The van der Waals surface area contributed by atoms with Gasteiger partial charge in [0.25, 0.3) is 0 Å². The second-order valence-electron chi connectivity index (χ2n) is 7.27. The lowest BCUT2D eigenvalue weighted by molar-refractivity contribution is 0.0520. The molecule has 2 bridgehead atoms. The fraction of sp³-hybridized carbons (Fsp3) is 0.667. The summed E-state index contributed by atoms with van der Waals surface area (Å²) in [5.74, 6) is 1.92. The van der Waals surface area contributed by atoms with Crippen LogP contribution in [0.1, 0.15) is 56.1 Å². The molecule has 1 aromatic rings. The van der Waals surface area contributed by atoms with Crippen LogP contribution in [0.15, 0.2) is 18.2 Å². The van der Waals surface area contributed by atoms with Gasteiger partial charge < -0.3 is 4.74 Å². The van der Waals surface area contributed by atoms with E-state index in [1.807, 2.05) is 6.07 Å². The van der Waals surface area contributed by atoms with Gasteiger partial charge >= 0.3 is 0 Å². The van der Waals surface area contributed by atoms with Crippen LogP contribution in [-0.4, -0.2) is 21.6 Å². The van der Waals surface area contributed by atoms with Crippen LogP contribution < -0.4 is 4.74 Å². The second kappa shape index (κ2) is 5.11. The van der Waals surface area contributed by atoms with E-state index in [4.69, 9.17) is 20.4 Å². The SMILES string of the molecule is [B]C([B])Oc1ccc2c(c1)[C@]13CCCCC1[C@@H](CCC3)C2. The molecule has 2 saturated carbocycles. The summed E-state index contributed by atoms with van der Waals surface area (Å²) in [6, 6.07) is 6.56. The normalized spacial score (nSPS) is 34.1. The third-order valence-electron chi connectivity index (χ3n) is 6.24. The first-order valence-corrected chi connectivity index (χ1v) is 8.50. The molecule has 0 aromatic heterocycles. The standard InChI is InChI=1S/C18H22B2O/c19-17(20)21-14-7-6-13-10-12-4-3-9-18(16(13)11-14)8-2-1-5-15(12)18/h6-7,11-12,15,17H,1-5,8-10H2/t12-,15?,18-/m0/s1. The third-order valence-corrected chi connectivity index (χ3v) is 6.24. The van der Waals surface area contributed by atoms with Crippen molar-refractivity contribution >= 4 is 15.7 Å². The molecule has 2 fully saturated rings. The van der Waals surface area contributed by atoms with E-state index in [-0.39, 0.29) is 0 Å². The molecule has 4 rings (SSSR count). The van der Waals surface area contributed by atoms with Crippen LogP contribution in [0.25, 0.3) is 0 Å². The van der Waals surface area contributed by atoms with Crippen molar-refractivity contribution in [2.24, 2.45) is 11.8 Å². The molecule has 1 aromatic carbocycles. The Morgan fingerprint density at radius 2 is 1.95 bits per heavy atom. The van der Waals surface area contributed by atoms with Gasteiger partial charge in [-0.1, -0.05) is 25.3 Å². The average Bonchev–Trinajstić information content (AvgIpc) is 2.47. The summed E-state index contributed by atoms with van der Waals surface area (Å²) >= 11 is 0. The fourth-order valence-electron chi connectivity index (χ4n) is 5.57. The van der Waals surface area contributed by atoms with Gasteiger partial charge in [0.1, 0.15) is 21.4 Å². The lowest BCUT2D eigenvalue weighted by Crippen LogP contribution is -2.49. The third kappa shape index (κ3) is 2.15. The highest BCUT2D eigenvalue weighted by Gasteiger charge is 2.51. The minimum Gasteiger partial charge on any atom is -0.510 e. The van der Waals surface area contributed by atoms with E-state index >= 15 is 0 Å². The van der Waals surface area contributed by atoms with Gasteiger partial charge in [-0.05, 0) is 72.6 Å². The molecule has 0 saturated heterocycles. The number of hydrogen-bond donors (Lipinski definition) is 0. The quantitative estimate of drug-likeness (QED) is 0.751. The van der Waals surface area contributed by atoms with E-state index < -0.39 is 5.90 Å². The van der Waals surface area contributed by atoms with Crippen LogP contribution in [-0.2, 0) is 11.8 Å². The Kier molecular flexibility index (Phi) is 3.35. The van der Waals surface area contributed by atoms with E-state index in [1.165, 1.54) is 51.4 Å². The number of rotatable bonds is 2. The highest BCUT2D eigenvalue weighted by Crippen LogP contribution is 2.59. The van der Waals surface area contributed by atoms with E-state index in [1.54, 1.807) is 11.1 Å². The lowest BCUT2D eigenvalue weighted by Gasteiger charge is -2.55. The molecular formula is C18H22B2O. The Bertz CT molecular complexity index is 538. The van der Waals surface area contributed by atoms with Gasteiger partial charge in [-0.15, -0.1) is 0 Å². The largest absolute Gasteiger partial charge is 0.510 e. The zero-order valence-electron chi connectivity index (χ0n) is 12.7. The van der Waals surface area contributed by atoms with Crippen molar-refractivity contribution in [3.63, 3.8) is 0 Å². The minimum atomic E-state index is -0.731. The number of ether oxygens (including phenoxy) is 1. The number of benzene rings is 1. The maximum absolute atomic E-state index is 5.59. The molecule has 106 valence electrons. The Morgan fingerprint density at radius 3 is 2.81 bits per heavy atom. The van der Waals surface area contributed by atoms with Crippen LogP contribution in [0.2, 0.25) is 0 Å². The maximum atomic E-state index is 5.59. The molecule has 0 aliphatic heterocycles. The van der Waals surface area contributed by atoms with Crippen molar-refractivity contribution in [1.29, 1.82) is 0 Å². The van der Waals surface area contributed by atoms with Crippen molar-refractivity contribution in [2.75, 3.05) is 0 Å². The number of hydrogen-bond acceptors (Lipinski definition) is 1. The van der Waals surface area contributed by atoms with E-state index in [9.17, 15) is 0 Å². The molecule has 4 radical (unpaired) electrons. The summed E-state index contributed by atoms with van der Waals surface area (Å²) in [4.78, 5) is 0.